The molecule has 7 aromatic carbocycles. The summed E-state index contributed by atoms with van der Waals surface area (Å²) in [6.07, 6.45) is 17.9. The van der Waals surface area contributed by atoms with Crippen LogP contribution in [0, 0.1) is 0 Å². The molecule has 0 amide bonds. The summed E-state index contributed by atoms with van der Waals surface area (Å²) in [4.78, 5) is 29.7. The highest BCUT2D eigenvalue weighted by Crippen LogP contribution is 2.45. The molecule has 0 saturated heterocycles. The Labute approximate surface area is 457 Å². The molecule has 370 valence electrons. The van der Waals surface area contributed by atoms with Gasteiger partial charge in [0.1, 0.15) is 0 Å². The number of fused-ring (bicyclic) bond motifs is 14. The predicted molar refractivity (Wildman–Crippen MR) is 326 cm³/mol. The minimum atomic E-state index is -0.111. The van der Waals surface area contributed by atoms with Gasteiger partial charge in [-0.3, -0.25) is 0 Å². The van der Waals surface area contributed by atoms with Crippen molar-refractivity contribution < 1.29 is 0 Å². The Morgan fingerprint density at radius 3 is 1.18 bits per heavy atom. The zero-order chi connectivity index (χ0) is 51.9. The molecule has 80 heavy (non-hydrogen) atoms. The van der Waals surface area contributed by atoms with Gasteiger partial charge in [0, 0.05) is 88.5 Å². The molecule has 6 aliphatic rings. The van der Waals surface area contributed by atoms with E-state index in [2.05, 4.69) is 239 Å². The van der Waals surface area contributed by atoms with Crippen LogP contribution < -0.4 is 10.6 Å². The Kier molecular flexibility index (Phi) is 8.22. The van der Waals surface area contributed by atoms with E-state index in [1.165, 1.54) is 11.1 Å². The number of aromatic nitrogens is 6. The fourth-order valence-electron chi connectivity index (χ4n) is 13.9. The number of aromatic amines is 2. The molecule has 2 aliphatic carbocycles. The van der Waals surface area contributed by atoms with Crippen LogP contribution in [0.5, 0.6) is 0 Å². The van der Waals surface area contributed by atoms with Gasteiger partial charge in [0.15, 0.2) is 0 Å². The SMILES string of the molecule is C1=CC2=CC3=C(c4cccc5cc6cccc(C7=C8C=C9C=CC=C(c%10ccc%11ccc%12ccc(nc%12c%11n%10)-c%10cccc%11cc7[nH]c%10%11)C9N8)c6cc45)c4cc5cccc(c5[nH]4)-c4ccc5ccc6ccc(nc6c5n4)C(=C1)C2N3. The van der Waals surface area contributed by atoms with Gasteiger partial charge in [0.05, 0.1) is 68.0 Å². The standard InChI is InChI=1S/C72H42N8/c1-7-41-31-42-8-2-14-48(64-61-34-45-11-5-17-51(67(45)79-61)57-29-25-39-21-22-40-26-30-58(76-72(40)71(39)75-57)52-18-6-12-46-35-62(64)80-68(46)52)54(42)36-53(41)47(13-1)63-59-32-43-9-3-15-49(65(43)77-59)55-27-23-37-19-20-38-24-28-56(74-70(38)69(37)73-55)50-16-4-10-44-33-60(63)78-66(44)50/h1-36,65,67,77-80H. The summed E-state index contributed by atoms with van der Waals surface area (Å²) in [5.74, 6) is 0. The van der Waals surface area contributed by atoms with Crippen LogP contribution in [0.2, 0.25) is 0 Å². The van der Waals surface area contributed by atoms with E-state index in [4.69, 9.17) is 19.9 Å². The van der Waals surface area contributed by atoms with Crippen LogP contribution in [0.25, 0.3) is 132 Å². The zero-order valence-electron chi connectivity index (χ0n) is 42.7. The van der Waals surface area contributed by atoms with Crippen LogP contribution in [0.15, 0.2) is 241 Å². The van der Waals surface area contributed by atoms with E-state index in [0.29, 0.717) is 0 Å². The Morgan fingerprint density at radius 2 is 0.725 bits per heavy atom. The summed E-state index contributed by atoms with van der Waals surface area (Å²) in [5.41, 5.74) is 24.6. The van der Waals surface area contributed by atoms with Gasteiger partial charge in [-0.15, -0.1) is 0 Å². The molecule has 2 unspecified atom stereocenters. The Hall–Kier alpha value is -10.7. The number of H-pyrrole nitrogens is 2. The van der Waals surface area contributed by atoms with Gasteiger partial charge >= 0.3 is 0 Å². The quantitative estimate of drug-likeness (QED) is 0.102. The monoisotopic (exact) mass is 1020 g/mol. The summed E-state index contributed by atoms with van der Waals surface area (Å²) in [7, 11) is 0. The van der Waals surface area contributed by atoms with Crippen LogP contribution in [0.4, 0.5) is 0 Å². The topological polar surface area (TPSA) is 107 Å². The first kappa shape index (κ1) is 42.4. The van der Waals surface area contributed by atoms with Crippen molar-refractivity contribution in [3.8, 4) is 22.5 Å². The summed E-state index contributed by atoms with van der Waals surface area (Å²) in [6.45, 7) is 0. The largest absolute Gasteiger partial charge is 0.373 e. The lowest BCUT2D eigenvalue weighted by molar-refractivity contribution is 0.834. The first-order valence-electron chi connectivity index (χ1n) is 27.4. The van der Waals surface area contributed by atoms with Gasteiger partial charge < -0.3 is 20.6 Å². The maximum Gasteiger partial charge on any atom is 0.0972 e. The summed E-state index contributed by atoms with van der Waals surface area (Å²) >= 11 is 0. The maximum absolute atomic E-state index is 5.43. The summed E-state index contributed by atoms with van der Waals surface area (Å²) < 4.78 is 0. The molecule has 0 spiro atoms. The molecule has 8 nitrogen and oxygen atoms in total. The highest BCUT2D eigenvalue weighted by molar-refractivity contribution is 6.12. The van der Waals surface area contributed by atoms with Gasteiger partial charge in [0.25, 0.3) is 0 Å². The van der Waals surface area contributed by atoms with E-state index >= 15 is 0 Å². The molecular formula is C72H42N8. The molecule has 4 aliphatic heterocycles. The van der Waals surface area contributed by atoms with Crippen LogP contribution in [-0.2, 0) is 0 Å². The van der Waals surface area contributed by atoms with Crippen LogP contribution >= 0.6 is 0 Å². The number of benzene rings is 7. The number of para-hydroxylation sites is 2. The van der Waals surface area contributed by atoms with Crippen molar-refractivity contribution >= 4 is 109 Å². The lowest BCUT2D eigenvalue weighted by Gasteiger charge is -2.22. The lowest BCUT2D eigenvalue weighted by atomic mass is 9.89. The van der Waals surface area contributed by atoms with Crippen molar-refractivity contribution in [1.29, 1.82) is 0 Å². The third-order valence-corrected chi connectivity index (χ3v) is 17.6. The highest BCUT2D eigenvalue weighted by atomic mass is 15.0. The third-order valence-electron chi connectivity index (χ3n) is 17.6. The van der Waals surface area contributed by atoms with Crippen molar-refractivity contribution in [2.24, 2.45) is 0 Å². The molecule has 0 saturated carbocycles. The van der Waals surface area contributed by atoms with E-state index in [-0.39, 0.29) is 12.1 Å². The van der Waals surface area contributed by atoms with E-state index in [9.17, 15) is 0 Å². The molecular weight excluding hydrogens is 977 g/mol. The summed E-state index contributed by atoms with van der Waals surface area (Å²) in [5, 5.41) is 19.3. The van der Waals surface area contributed by atoms with Gasteiger partial charge in [-0.05, 0) is 105 Å². The molecule has 19 rings (SSSR count). The fourth-order valence-corrected chi connectivity index (χ4v) is 13.9. The normalized spacial score (nSPS) is 17.6. The first-order valence-corrected chi connectivity index (χ1v) is 27.4. The maximum atomic E-state index is 5.43. The fraction of sp³-hybridized carbons (Fsp3) is 0.0278. The molecule has 2 atom stereocenters. The van der Waals surface area contributed by atoms with E-state index in [1.54, 1.807) is 0 Å². The van der Waals surface area contributed by atoms with Gasteiger partial charge in [-0.1, -0.05) is 158 Å². The Balaban J connectivity index is 0.855. The number of nitrogens with one attached hydrogen (secondary N) is 4. The number of nitrogens with zero attached hydrogens (tertiary/aromatic N) is 4. The number of hydrogen-bond acceptors (Lipinski definition) is 6. The Morgan fingerprint density at radius 1 is 0.338 bits per heavy atom. The second kappa shape index (κ2) is 15.5. The van der Waals surface area contributed by atoms with E-state index in [0.717, 1.165) is 177 Å². The van der Waals surface area contributed by atoms with Crippen molar-refractivity contribution in [1.82, 2.24) is 40.5 Å². The molecule has 8 heteroatoms. The van der Waals surface area contributed by atoms with Gasteiger partial charge in [-0.2, -0.15) is 0 Å². The smallest absolute Gasteiger partial charge is 0.0972 e. The minimum absolute atomic E-state index is 0.111. The average molecular weight is 1020 g/mol. The molecule has 13 aromatic rings. The summed E-state index contributed by atoms with van der Waals surface area (Å²) in [6, 6.07) is 61.8. The second-order valence-corrected chi connectivity index (χ2v) is 22.0. The highest BCUT2D eigenvalue weighted by Gasteiger charge is 2.33. The third kappa shape index (κ3) is 5.93. The number of pyridine rings is 4. The van der Waals surface area contributed by atoms with Crippen molar-refractivity contribution in [2.45, 2.75) is 12.1 Å². The van der Waals surface area contributed by atoms with Crippen molar-refractivity contribution in [3.63, 3.8) is 0 Å². The zero-order valence-corrected chi connectivity index (χ0v) is 42.7. The first-order chi connectivity index (χ1) is 39.6. The molecule has 0 fully saturated rings. The predicted octanol–water partition coefficient (Wildman–Crippen LogP) is 15.7. The van der Waals surface area contributed by atoms with E-state index in [1.807, 2.05) is 0 Å². The van der Waals surface area contributed by atoms with E-state index < -0.39 is 0 Å². The molecule has 0 radical (unpaired) electrons. The number of hydrogen-bond donors (Lipinski definition) is 4. The van der Waals surface area contributed by atoms with Gasteiger partial charge in [-0.25, -0.2) is 19.9 Å². The lowest BCUT2D eigenvalue weighted by Crippen LogP contribution is -2.27. The van der Waals surface area contributed by atoms with Crippen LogP contribution in [-0.4, -0.2) is 42.0 Å². The number of allylic oxidation sites excluding steroid dienone is 6. The van der Waals surface area contributed by atoms with Crippen molar-refractivity contribution in [2.75, 3.05) is 0 Å². The van der Waals surface area contributed by atoms with Crippen molar-refractivity contribution in [3.05, 3.63) is 275 Å². The number of rotatable bonds is 2. The molecule has 6 aromatic heterocycles. The molecule has 16 bridgehead atoms. The molecule has 4 N–H and O–H groups in total. The molecule has 10 heterocycles. The minimum Gasteiger partial charge on any atom is -0.373 e. The van der Waals surface area contributed by atoms with Gasteiger partial charge in [0.2, 0.25) is 0 Å². The average Bonchev–Trinajstić information content (AvgIpc) is 4.45. The van der Waals surface area contributed by atoms with Crippen LogP contribution in [0.1, 0.15) is 33.9 Å². The van der Waals surface area contributed by atoms with Crippen LogP contribution in [0.3, 0.4) is 0 Å². The Bertz CT molecular complexity index is 5050. The second-order valence-electron chi connectivity index (χ2n) is 22.0.